The number of hydrogen-bond donors (Lipinski definition) is 2. The molecule has 8 heteroatoms. The molecule has 0 aliphatic carbocycles. The van der Waals surface area contributed by atoms with E-state index in [2.05, 4.69) is 10.0 Å². The van der Waals surface area contributed by atoms with Crippen molar-refractivity contribution in [3.05, 3.63) is 29.8 Å². The third-order valence-corrected chi connectivity index (χ3v) is 7.40. The predicted octanol–water partition coefficient (Wildman–Crippen LogP) is 1.29. The molecule has 2 fully saturated rings. The normalized spacial score (nSPS) is 22.0. The first-order valence-corrected chi connectivity index (χ1v) is 11.3. The summed E-state index contributed by atoms with van der Waals surface area (Å²) in [4.78, 5) is 14.7. The average molecular weight is 384 g/mol. The molecule has 1 amide bonds. The second-order valence-corrected chi connectivity index (χ2v) is 9.54. The van der Waals surface area contributed by atoms with Crippen molar-refractivity contribution in [1.82, 2.24) is 14.9 Å². The Bertz CT molecular complexity index is 712. The third-order valence-electron chi connectivity index (χ3n) is 4.83. The van der Waals surface area contributed by atoms with Crippen molar-refractivity contribution in [2.75, 3.05) is 31.6 Å². The van der Waals surface area contributed by atoms with E-state index >= 15 is 0 Å². The summed E-state index contributed by atoms with van der Waals surface area (Å²) in [5, 5.41) is 3.14. The summed E-state index contributed by atoms with van der Waals surface area (Å²) in [7, 11) is -1.80. The number of thioether (sulfide) groups is 1. The summed E-state index contributed by atoms with van der Waals surface area (Å²) >= 11 is 1.91. The Morgan fingerprint density at radius 3 is 2.72 bits per heavy atom. The number of nitrogens with zero attached hydrogens (tertiary/aromatic N) is 1. The van der Waals surface area contributed by atoms with Gasteiger partial charge in [0.05, 0.1) is 4.90 Å². The maximum absolute atomic E-state index is 12.8. The van der Waals surface area contributed by atoms with Gasteiger partial charge in [-0.1, -0.05) is 6.07 Å². The van der Waals surface area contributed by atoms with Crippen LogP contribution in [0, 0.1) is 0 Å². The number of amides is 1. The smallest absolute Gasteiger partial charge is 0.253 e. The first kappa shape index (κ1) is 18.7. The maximum atomic E-state index is 12.8. The molecule has 1 atom stereocenters. The molecule has 1 aromatic rings. The Morgan fingerprint density at radius 2 is 2.04 bits per heavy atom. The summed E-state index contributed by atoms with van der Waals surface area (Å²) in [5.41, 5.74) is 0.424. The van der Waals surface area contributed by atoms with E-state index in [1.807, 2.05) is 18.8 Å². The summed E-state index contributed by atoms with van der Waals surface area (Å²) in [6.45, 7) is 1.45. The highest BCUT2D eigenvalue weighted by atomic mass is 32.2. The summed E-state index contributed by atoms with van der Waals surface area (Å²) in [6, 6.07) is 6.49. The van der Waals surface area contributed by atoms with Gasteiger partial charge in [-0.25, -0.2) is 13.1 Å². The van der Waals surface area contributed by atoms with Crippen LogP contribution in [0.4, 0.5) is 0 Å². The first-order valence-electron chi connectivity index (χ1n) is 8.65. The monoisotopic (exact) mass is 383 g/mol. The van der Waals surface area contributed by atoms with Crippen LogP contribution in [0.15, 0.2) is 29.2 Å². The highest BCUT2D eigenvalue weighted by Crippen LogP contribution is 2.23. The molecule has 0 spiro atoms. The molecule has 25 heavy (non-hydrogen) atoms. The number of hydrogen-bond acceptors (Lipinski definition) is 5. The molecule has 138 valence electrons. The molecule has 0 unspecified atom stereocenters. The number of sulfonamides is 1. The summed E-state index contributed by atoms with van der Waals surface area (Å²) < 4.78 is 27.8. The van der Waals surface area contributed by atoms with Crippen molar-refractivity contribution >= 4 is 27.7 Å². The minimum Gasteiger partial charge on any atom is -0.339 e. The van der Waals surface area contributed by atoms with Gasteiger partial charge < -0.3 is 10.2 Å². The van der Waals surface area contributed by atoms with E-state index in [1.54, 1.807) is 23.1 Å². The van der Waals surface area contributed by atoms with E-state index in [-0.39, 0.29) is 22.9 Å². The van der Waals surface area contributed by atoms with Gasteiger partial charge in [0.2, 0.25) is 10.0 Å². The van der Waals surface area contributed by atoms with E-state index < -0.39 is 10.0 Å². The lowest BCUT2D eigenvalue weighted by Crippen LogP contribution is -2.39. The standard InChI is InChI=1S/C17H25N3O3S2/c1-20(15-6-9-24-10-7-15)17(21)13-3-2-4-16(11-13)25(22,23)19-14-5-8-18-12-14/h2-4,11,14-15,18-19H,5-10,12H2,1H3/t14-/m0/s1. The third kappa shape index (κ3) is 4.55. The average Bonchev–Trinajstić information content (AvgIpc) is 3.13. The fourth-order valence-electron chi connectivity index (χ4n) is 3.28. The van der Waals surface area contributed by atoms with E-state index in [1.165, 1.54) is 6.07 Å². The van der Waals surface area contributed by atoms with Crippen LogP contribution in [-0.4, -0.2) is 63.0 Å². The fourth-order valence-corrected chi connectivity index (χ4v) is 5.68. The number of carbonyl (C=O) groups excluding carboxylic acids is 1. The van der Waals surface area contributed by atoms with Gasteiger partial charge in [-0.15, -0.1) is 0 Å². The van der Waals surface area contributed by atoms with E-state index in [4.69, 9.17) is 0 Å². The van der Waals surface area contributed by atoms with Crippen LogP contribution in [0.5, 0.6) is 0 Å². The van der Waals surface area contributed by atoms with E-state index in [9.17, 15) is 13.2 Å². The van der Waals surface area contributed by atoms with Crippen LogP contribution >= 0.6 is 11.8 Å². The lowest BCUT2D eigenvalue weighted by molar-refractivity contribution is 0.0723. The van der Waals surface area contributed by atoms with Gasteiger partial charge in [0.1, 0.15) is 0 Å². The molecule has 0 radical (unpaired) electrons. The molecule has 2 saturated heterocycles. The summed E-state index contributed by atoms with van der Waals surface area (Å²) in [6.07, 6.45) is 2.75. The van der Waals surface area contributed by atoms with E-state index in [0.717, 1.165) is 37.3 Å². The quantitative estimate of drug-likeness (QED) is 0.801. The van der Waals surface area contributed by atoms with Crippen LogP contribution < -0.4 is 10.0 Å². The van der Waals surface area contributed by atoms with Gasteiger partial charge in [0.15, 0.2) is 0 Å². The molecular weight excluding hydrogens is 358 g/mol. The maximum Gasteiger partial charge on any atom is 0.253 e. The van der Waals surface area contributed by atoms with Crippen LogP contribution in [0.25, 0.3) is 0 Å². The highest BCUT2D eigenvalue weighted by molar-refractivity contribution is 7.99. The van der Waals surface area contributed by atoms with Crippen LogP contribution in [0.2, 0.25) is 0 Å². The van der Waals surface area contributed by atoms with Crippen molar-refractivity contribution < 1.29 is 13.2 Å². The predicted molar refractivity (Wildman–Crippen MR) is 100 cm³/mol. The molecule has 0 aromatic heterocycles. The van der Waals surface area contributed by atoms with Gasteiger partial charge >= 0.3 is 0 Å². The Hall–Kier alpha value is -1.09. The van der Waals surface area contributed by atoms with Gasteiger partial charge in [0, 0.05) is 31.2 Å². The zero-order valence-corrected chi connectivity index (χ0v) is 16.0. The SMILES string of the molecule is CN(C(=O)c1cccc(S(=O)(=O)N[C@H]2CCNC2)c1)C1CCSCC1. The zero-order valence-electron chi connectivity index (χ0n) is 14.4. The molecule has 2 aliphatic rings. The Kier molecular flexibility index (Phi) is 6.04. The van der Waals surface area contributed by atoms with Gasteiger partial charge in [-0.2, -0.15) is 11.8 Å². The number of carbonyl (C=O) groups is 1. The van der Waals surface area contributed by atoms with Crippen molar-refractivity contribution in [3.63, 3.8) is 0 Å². The molecule has 0 bridgehead atoms. The van der Waals surface area contributed by atoms with Crippen molar-refractivity contribution in [1.29, 1.82) is 0 Å². The van der Waals surface area contributed by atoms with Crippen molar-refractivity contribution in [3.8, 4) is 0 Å². The molecule has 2 N–H and O–H groups in total. The van der Waals surface area contributed by atoms with Crippen molar-refractivity contribution in [2.45, 2.75) is 36.2 Å². The van der Waals surface area contributed by atoms with Gasteiger partial charge in [-0.05, 0) is 55.5 Å². The van der Waals surface area contributed by atoms with Gasteiger partial charge in [-0.3, -0.25) is 4.79 Å². The lowest BCUT2D eigenvalue weighted by atomic mass is 10.1. The molecule has 3 rings (SSSR count). The molecule has 2 heterocycles. The number of benzene rings is 1. The Morgan fingerprint density at radius 1 is 1.28 bits per heavy atom. The molecule has 2 aliphatic heterocycles. The minimum absolute atomic E-state index is 0.0910. The molecular formula is C17H25N3O3S2. The number of nitrogens with one attached hydrogen (secondary N) is 2. The largest absolute Gasteiger partial charge is 0.339 e. The second-order valence-electron chi connectivity index (χ2n) is 6.60. The first-order chi connectivity index (χ1) is 12.0. The summed E-state index contributed by atoms with van der Waals surface area (Å²) in [5.74, 6) is 2.02. The zero-order chi connectivity index (χ0) is 17.9. The van der Waals surface area contributed by atoms with Gasteiger partial charge in [0.25, 0.3) is 5.91 Å². The van der Waals surface area contributed by atoms with Crippen LogP contribution in [0.3, 0.4) is 0 Å². The topological polar surface area (TPSA) is 78.5 Å². The minimum atomic E-state index is -3.61. The fraction of sp³-hybridized carbons (Fsp3) is 0.588. The van der Waals surface area contributed by atoms with Crippen LogP contribution in [-0.2, 0) is 10.0 Å². The molecule has 0 saturated carbocycles. The number of rotatable bonds is 5. The van der Waals surface area contributed by atoms with E-state index in [0.29, 0.717) is 12.1 Å². The second kappa shape index (κ2) is 8.07. The molecule has 6 nitrogen and oxygen atoms in total. The van der Waals surface area contributed by atoms with Crippen molar-refractivity contribution in [2.24, 2.45) is 0 Å². The highest BCUT2D eigenvalue weighted by Gasteiger charge is 2.26. The van der Waals surface area contributed by atoms with Crippen LogP contribution in [0.1, 0.15) is 29.6 Å². The Balaban J connectivity index is 1.74. The lowest BCUT2D eigenvalue weighted by Gasteiger charge is -2.31. The molecule has 1 aromatic carbocycles. The Labute approximate surface area is 153 Å².